The van der Waals surface area contributed by atoms with Crippen molar-refractivity contribution in [2.45, 2.75) is 26.3 Å². The van der Waals surface area contributed by atoms with Crippen LogP contribution in [0.1, 0.15) is 20.8 Å². The second kappa shape index (κ2) is 5.40. The minimum absolute atomic E-state index is 0.235. The average molecular weight is 275 g/mol. The minimum atomic E-state index is -0.260. The Balaban J connectivity index is 2.04. The molecule has 0 aliphatic carbocycles. The molecule has 1 aromatic carbocycles. The molecule has 19 heavy (non-hydrogen) atoms. The number of hydrogen-bond acceptors (Lipinski definition) is 3. The van der Waals surface area contributed by atoms with E-state index in [4.69, 9.17) is 0 Å². The van der Waals surface area contributed by atoms with Crippen molar-refractivity contribution in [2.75, 3.05) is 5.32 Å². The van der Waals surface area contributed by atoms with Crippen LogP contribution < -0.4 is 10.6 Å². The minimum Gasteiger partial charge on any atom is -0.333 e. The monoisotopic (exact) mass is 275 g/mol. The predicted molar refractivity (Wildman–Crippen MR) is 79.5 cm³/mol. The highest BCUT2D eigenvalue weighted by Crippen LogP contribution is 2.24. The maximum absolute atomic E-state index is 11.7. The molecule has 4 nitrogen and oxygen atoms in total. The molecule has 2 amide bonds. The number of amides is 2. The highest BCUT2D eigenvalue weighted by atomic mass is 32.1. The van der Waals surface area contributed by atoms with Crippen molar-refractivity contribution in [3.8, 4) is 11.3 Å². The van der Waals surface area contributed by atoms with Crippen molar-refractivity contribution < 1.29 is 4.79 Å². The second-order valence-electron chi connectivity index (χ2n) is 5.23. The van der Waals surface area contributed by atoms with Crippen LogP contribution in [0.4, 0.5) is 9.93 Å². The number of anilines is 1. The number of aromatic nitrogens is 1. The molecule has 0 saturated carbocycles. The lowest BCUT2D eigenvalue weighted by atomic mass is 10.1. The van der Waals surface area contributed by atoms with Crippen LogP contribution in [-0.4, -0.2) is 16.6 Å². The van der Waals surface area contributed by atoms with Crippen LogP contribution in [0.2, 0.25) is 0 Å². The van der Waals surface area contributed by atoms with Crippen LogP contribution in [0, 0.1) is 0 Å². The van der Waals surface area contributed by atoms with Gasteiger partial charge in [0.1, 0.15) is 0 Å². The third-order valence-corrected chi connectivity index (χ3v) is 3.04. The topological polar surface area (TPSA) is 54.0 Å². The fraction of sp³-hybridized carbons (Fsp3) is 0.286. The fourth-order valence-corrected chi connectivity index (χ4v) is 2.26. The first kappa shape index (κ1) is 13.5. The lowest BCUT2D eigenvalue weighted by Gasteiger charge is -2.20. The number of carbonyl (C=O) groups excluding carboxylic acids is 1. The molecule has 0 aliphatic heterocycles. The summed E-state index contributed by atoms with van der Waals surface area (Å²) in [6, 6.07) is 9.65. The van der Waals surface area contributed by atoms with E-state index in [0.29, 0.717) is 5.13 Å². The molecule has 2 aromatic rings. The van der Waals surface area contributed by atoms with E-state index in [1.807, 2.05) is 56.5 Å². The van der Waals surface area contributed by atoms with Gasteiger partial charge in [-0.3, -0.25) is 5.32 Å². The summed E-state index contributed by atoms with van der Waals surface area (Å²) in [7, 11) is 0. The van der Waals surface area contributed by atoms with Gasteiger partial charge in [0.05, 0.1) is 5.69 Å². The molecule has 0 unspecified atom stereocenters. The van der Waals surface area contributed by atoms with E-state index in [1.54, 1.807) is 0 Å². The van der Waals surface area contributed by atoms with Gasteiger partial charge in [-0.15, -0.1) is 11.3 Å². The molecule has 100 valence electrons. The first-order valence-electron chi connectivity index (χ1n) is 6.04. The molecule has 0 radical (unpaired) electrons. The van der Waals surface area contributed by atoms with Gasteiger partial charge in [0.15, 0.2) is 5.13 Å². The van der Waals surface area contributed by atoms with Gasteiger partial charge in [-0.1, -0.05) is 30.3 Å². The lowest BCUT2D eigenvalue weighted by molar-refractivity contribution is 0.244. The first-order chi connectivity index (χ1) is 8.94. The molecule has 2 N–H and O–H groups in total. The van der Waals surface area contributed by atoms with Gasteiger partial charge < -0.3 is 5.32 Å². The summed E-state index contributed by atoms with van der Waals surface area (Å²) < 4.78 is 0. The summed E-state index contributed by atoms with van der Waals surface area (Å²) in [5.74, 6) is 0. The zero-order valence-corrected chi connectivity index (χ0v) is 12.0. The van der Waals surface area contributed by atoms with Crippen molar-refractivity contribution in [3.63, 3.8) is 0 Å². The summed E-state index contributed by atoms with van der Waals surface area (Å²) in [5.41, 5.74) is 1.66. The van der Waals surface area contributed by atoms with Gasteiger partial charge in [-0.2, -0.15) is 0 Å². The standard InChI is InChI=1S/C14H17N3OS/c1-14(2,3)17-12(18)16-13-15-11(9-19-13)10-7-5-4-6-8-10/h4-9H,1-3H3,(H2,15,16,17,18). The zero-order chi connectivity index (χ0) is 13.9. The summed E-state index contributed by atoms with van der Waals surface area (Å²) in [5, 5.41) is 8.11. The Kier molecular flexibility index (Phi) is 3.85. The summed E-state index contributed by atoms with van der Waals surface area (Å²) in [4.78, 5) is 16.1. The van der Waals surface area contributed by atoms with Gasteiger partial charge >= 0.3 is 6.03 Å². The Bertz CT molecular complexity index is 558. The van der Waals surface area contributed by atoms with Gasteiger partial charge in [0.2, 0.25) is 0 Å². The second-order valence-corrected chi connectivity index (χ2v) is 6.09. The Hall–Kier alpha value is -1.88. The molecule has 1 aromatic heterocycles. The molecule has 5 heteroatoms. The Labute approximate surface area is 116 Å². The maximum Gasteiger partial charge on any atom is 0.321 e. The van der Waals surface area contributed by atoms with Gasteiger partial charge in [-0.05, 0) is 20.8 Å². The summed E-state index contributed by atoms with van der Waals surface area (Å²) in [6.07, 6.45) is 0. The number of hydrogen-bond donors (Lipinski definition) is 2. The van der Waals surface area contributed by atoms with Crippen LogP contribution in [0.25, 0.3) is 11.3 Å². The largest absolute Gasteiger partial charge is 0.333 e. The molecule has 0 bridgehead atoms. The number of thiazole rings is 1. The van der Waals surface area contributed by atoms with Crippen LogP contribution in [0.15, 0.2) is 35.7 Å². The van der Waals surface area contributed by atoms with Crippen molar-refractivity contribution in [1.29, 1.82) is 0 Å². The number of carbonyl (C=O) groups is 1. The zero-order valence-electron chi connectivity index (χ0n) is 11.2. The molecule has 2 rings (SSSR count). The normalized spacial score (nSPS) is 11.1. The van der Waals surface area contributed by atoms with E-state index >= 15 is 0 Å². The van der Waals surface area contributed by atoms with Crippen LogP contribution >= 0.6 is 11.3 Å². The number of nitrogens with one attached hydrogen (secondary N) is 2. The molecule has 0 aliphatic rings. The molecular formula is C14H17N3OS. The third-order valence-electron chi connectivity index (χ3n) is 2.28. The number of nitrogens with zero attached hydrogens (tertiary/aromatic N) is 1. The molecule has 0 spiro atoms. The predicted octanol–water partition coefficient (Wildman–Crippen LogP) is 3.73. The Morgan fingerprint density at radius 1 is 1.21 bits per heavy atom. The highest BCUT2D eigenvalue weighted by Gasteiger charge is 2.14. The first-order valence-corrected chi connectivity index (χ1v) is 6.92. The van der Waals surface area contributed by atoms with Crippen LogP contribution in [0.3, 0.4) is 0 Å². The van der Waals surface area contributed by atoms with E-state index in [-0.39, 0.29) is 11.6 Å². The maximum atomic E-state index is 11.7. The Morgan fingerprint density at radius 2 is 1.89 bits per heavy atom. The SMILES string of the molecule is CC(C)(C)NC(=O)Nc1nc(-c2ccccc2)cs1. The van der Waals surface area contributed by atoms with Crippen molar-refractivity contribution in [2.24, 2.45) is 0 Å². The molecule has 1 heterocycles. The smallest absolute Gasteiger partial charge is 0.321 e. The molecule has 0 atom stereocenters. The lowest BCUT2D eigenvalue weighted by Crippen LogP contribution is -2.43. The average Bonchev–Trinajstić information content (AvgIpc) is 2.76. The van der Waals surface area contributed by atoms with Gasteiger partial charge in [-0.25, -0.2) is 9.78 Å². The molecular weight excluding hydrogens is 258 g/mol. The summed E-state index contributed by atoms with van der Waals surface area (Å²) >= 11 is 1.42. The van der Waals surface area contributed by atoms with E-state index in [9.17, 15) is 4.79 Å². The molecule has 0 fully saturated rings. The number of urea groups is 1. The van der Waals surface area contributed by atoms with Gasteiger partial charge in [0.25, 0.3) is 0 Å². The van der Waals surface area contributed by atoms with Crippen LogP contribution in [-0.2, 0) is 0 Å². The van der Waals surface area contributed by atoms with E-state index < -0.39 is 0 Å². The Morgan fingerprint density at radius 3 is 2.53 bits per heavy atom. The highest BCUT2D eigenvalue weighted by molar-refractivity contribution is 7.14. The van der Waals surface area contributed by atoms with Crippen molar-refractivity contribution in [1.82, 2.24) is 10.3 Å². The molecule has 0 saturated heterocycles. The third kappa shape index (κ3) is 4.06. The van der Waals surface area contributed by atoms with E-state index in [1.165, 1.54) is 11.3 Å². The van der Waals surface area contributed by atoms with Crippen molar-refractivity contribution >= 4 is 22.5 Å². The van der Waals surface area contributed by atoms with Gasteiger partial charge in [0, 0.05) is 16.5 Å². The summed E-state index contributed by atoms with van der Waals surface area (Å²) in [6.45, 7) is 5.80. The van der Waals surface area contributed by atoms with Crippen LogP contribution in [0.5, 0.6) is 0 Å². The number of benzene rings is 1. The van der Waals surface area contributed by atoms with Crippen molar-refractivity contribution in [3.05, 3.63) is 35.7 Å². The quantitative estimate of drug-likeness (QED) is 0.877. The van der Waals surface area contributed by atoms with E-state index in [0.717, 1.165) is 11.3 Å². The number of rotatable bonds is 2. The fourth-order valence-electron chi connectivity index (χ4n) is 1.54. The van der Waals surface area contributed by atoms with E-state index in [2.05, 4.69) is 15.6 Å².